The highest BCUT2D eigenvalue weighted by Gasteiger charge is 2.23. The SMILES string of the molecule is CN(C)S(=O)(=O)c1ccc(C(=O)N2CCN(c3cccc(Cl)c3)CC2)cc1. The molecule has 0 saturated carbocycles. The third kappa shape index (κ3) is 4.26. The van der Waals surface area contributed by atoms with E-state index < -0.39 is 10.0 Å². The number of anilines is 1. The zero-order valence-electron chi connectivity index (χ0n) is 15.3. The van der Waals surface area contributed by atoms with Gasteiger partial charge in [-0.2, -0.15) is 0 Å². The first kappa shape index (κ1) is 19.7. The van der Waals surface area contributed by atoms with E-state index in [1.54, 1.807) is 17.0 Å². The summed E-state index contributed by atoms with van der Waals surface area (Å²) in [6.45, 7) is 2.64. The van der Waals surface area contributed by atoms with Crippen molar-refractivity contribution in [3.63, 3.8) is 0 Å². The lowest BCUT2D eigenvalue weighted by Gasteiger charge is -2.36. The van der Waals surface area contributed by atoms with Gasteiger partial charge in [0.15, 0.2) is 0 Å². The molecule has 144 valence electrons. The van der Waals surface area contributed by atoms with Crippen LogP contribution in [0.5, 0.6) is 0 Å². The van der Waals surface area contributed by atoms with Crippen molar-refractivity contribution in [3.05, 3.63) is 59.1 Å². The van der Waals surface area contributed by atoms with Gasteiger partial charge in [-0.3, -0.25) is 4.79 Å². The predicted octanol–water partition coefficient (Wildman–Crippen LogP) is 2.55. The van der Waals surface area contributed by atoms with E-state index >= 15 is 0 Å². The zero-order valence-corrected chi connectivity index (χ0v) is 16.9. The summed E-state index contributed by atoms with van der Waals surface area (Å²) in [6, 6.07) is 13.8. The monoisotopic (exact) mass is 407 g/mol. The maximum absolute atomic E-state index is 12.7. The molecule has 27 heavy (non-hydrogen) atoms. The molecule has 1 aliphatic rings. The van der Waals surface area contributed by atoms with Crippen molar-refractivity contribution in [3.8, 4) is 0 Å². The highest BCUT2D eigenvalue weighted by atomic mass is 35.5. The molecule has 0 spiro atoms. The molecule has 6 nitrogen and oxygen atoms in total. The molecule has 1 amide bonds. The summed E-state index contributed by atoms with van der Waals surface area (Å²) in [5.74, 6) is -0.0884. The van der Waals surface area contributed by atoms with Crippen molar-refractivity contribution >= 4 is 33.2 Å². The van der Waals surface area contributed by atoms with Crippen molar-refractivity contribution in [2.75, 3.05) is 45.2 Å². The van der Waals surface area contributed by atoms with Crippen LogP contribution in [0.25, 0.3) is 0 Å². The third-order valence-corrected chi connectivity index (χ3v) is 6.68. The van der Waals surface area contributed by atoms with Gasteiger partial charge in [-0.25, -0.2) is 12.7 Å². The van der Waals surface area contributed by atoms with Crippen molar-refractivity contribution in [2.24, 2.45) is 0 Å². The Labute approximate surface area is 165 Å². The summed E-state index contributed by atoms with van der Waals surface area (Å²) in [7, 11) is -0.535. The van der Waals surface area contributed by atoms with Gasteiger partial charge in [0.05, 0.1) is 4.90 Å². The van der Waals surface area contributed by atoms with Crippen LogP contribution in [0.3, 0.4) is 0 Å². The van der Waals surface area contributed by atoms with Gasteiger partial charge in [-0.1, -0.05) is 17.7 Å². The molecule has 0 atom stereocenters. The average molecular weight is 408 g/mol. The minimum atomic E-state index is -3.49. The molecule has 0 N–H and O–H groups in total. The number of sulfonamides is 1. The van der Waals surface area contributed by atoms with Gasteiger partial charge in [0.1, 0.15) is 0 Å². The number of hydrogen-bond acceptors (Lipinski definition) is 4. The highest BCUT2D eigenvalue weighted by molar-refractivity contribution is 7.89. The number of piperazine rings is 1. The first-order valence-electron chi connectivity index (χ1n) is 8.61. The molecule has 0 aromatic heterocycles. The lowest BCUT2D eigenvalue weighted by Crippen LogP contribution is -2.48. The van der Waals surface area contributed by atoms with E-state index in [0.29, 0.717) is 23.7 Å². The van der Waals surface area contributed by atoms with Gasteiger partial charge >= 0.3 is 0 Å². The van der Waals surface area contributed by atoms with Crippen LogP contribution in [-0.4, -0.2) is 63.8 Å². The maximum Gasteiger partial charge on any atom is 0.253 e. The van der Waals surface area contributed by atoms with Gasteiger partial charge in [0.25, 0.3) is 5.91 Å². The van der Waals surface area contributed by atoms with Crippen LogP contribution >= 0.6 is 11.6 Å². The van der Waals surface area contributed by atoms with E-state index in [0.717, 1.165) is 23.1 Å². The topological polar surface area (TPSA) is 60.9 Å². The predicted molar refractivity (Wildman–Crippen MR) is 107 cm³/mol. The van der Waals surface area contributed by atoms with Gasteiger partial charge in [-0.15, -0.1) is 0 Å². The second-order valence-corrected chi connectivity index (χ2v) is 9.16. The molecule has 0 radical (unpaired) electrons. The summed E-state index contributed by atoms with van der Waals surface area (Å²) in [4.78, 5) is 16.9. The van der Waals surface area contributed by atoms with E-state index in [2.05, 4.69) is 4.90 Å². The number of carbonyl (C=O) groups is 1. The van der Waals surface area contributed by atoms with Crippen LogP contribution in [0.1, 0.15) is 10.4 Å². The number of rotatable bonds is 4. The number of carbonyl (C=O) groups excluding carboxylic acids is 1. The molecule has 1 heterocycles. The molecule has 0 bridgehead atoms. The van der Waals surface area contributed by atoms with Crippen LogP contribution in [0, 0.1) is 0 Å². The first-order valence-corrected chi connectivity index (χ1v) is 10.4. The quantitative estimate of drug-likeness (QED) is 0.781. The zero-order chi connectivity index (χ0) is 19.6. The van der Waals surface area contributed by atoms with Crippen LogP contribution in [-0.2, 0) is 10.0 Å². The van der Waals surface area contributed by atoms with Crippen LogP contribution in [0.15, 0.2) is 53.4 Å². The number of halogens is 1. The van der Waals surface area contributed by atoms with E-state index in [9.17, 15) is 13.2 Å². The van der Waals surface area contributed by atoms with Gasteiger partial charge in [0.2, 0.25) is 10.0 Å². The van der Waals surface area contributed by atoms with Crippen LogP contribution in [0.2, 0.25) is 5.02 Å². The van der Waals surface area contributed by atoms with Crippen molar-refractivity contribution in [1.82, 2.24) is 9.21 Å². The Morgan fingerprint density at radius 1 is 1.00 bits per heavy atom. The molecule has 1 aliphatic heterocycles. The van der Waals surface area contributed by atoms with E-state index in [1.807, 2.05) is 24.3 Å². The number of amides is 1. The molecule has 1 saturated heterocycles. The van der Waals surface area contributed by atoms with Crippen LogP contribution in [0.4, 0.5) is 5.69 Å². The number of hydrogen-bond donors (Lipinski definition) is 0. The largest absolute Gasteiger partial charge is 0.368 e. The Morgan fingerprint density at radius 2 is 1.63 bits per heavy atom. The maximum atomic E-state index is 12.7. The van der Waals surface area contributed by atoms with Crippen molar-refractivity contribution < 1.29 is 13.2 Å². The van der Waals surface area contributed by atoms with Gasteiger partial charge in [-0.05, 0) is 42.5 Å². The lowest BCUT2D eigenvalue weighted by atomic mass is 10.1. The summed E-state index contributed by atoms with van der Waals surface area (Å²) in [5, 5.41) is 0.693. The Morgan fingerprint density at radius 3 is 2.19 bits per heavy atom. The normalized spacial score (nSPS) is 15.3. The molecule has 2 aromatic carbocycles. The Hall–Kier alpha value is -2.09. The second kappa shape index (κ2) is 7.88. The fraction of sp³-hybridized carbons (Fsp3) is 0.316. The average Bonchev–Trinajstić information content (AvgIpc) is 2.67. The lowest BCUT2D eigenvalue weighted by molar-refractivity contribution is 0.0746. The molecule has 0 unspecified atom stereocenters. The van der Waals surface area contributed by atoms with E-state index in [4.69, 9.17) is 11.6 Å². The standard InChI is InChI=1S/C19H22ClN3O3S/c1-21(2)27(25,26)18-8-6-15(7-9-18)19(24)23-12-10-22(11-13-23)17-5-3-4-16(20)14-17/h3-9,14H,10-13H2,1-2H3. The first-order chi connectivity index (χ1) is 12.8. The fourth-order valence-electron chi connectivity index (χ4n) is 3.00. The molecular weight excluding hydrogens is 386 g/mol. The number of nitrogens with zero attached hydrogens (tertiary/aromatic N) is 3. The Bertz CT molecular complexity index is 921. The Balaban J connectivity index is 1.66. The molecule has 1 fully saturated rings. The minimum absolute atomic E-state index is 0.0884. The van der Waals surface area contributed by atoms with E-state index in [-0.39, 0.29) is 10.8 Å². The molecule has 2 aromatic rings. The summed E-state index contributed by atoms with van der Waals surface area (Å²) >= 11 is 6.05. The van der Waals surface area contributed by atoms with Gasteiger partial charge < -0.3 is 9.80 Å². The summed E-state index contributed by atoms with van der Waals surface area (Å²) < 4.78 is 25.4. The van der Waals surface area contributed by atoms with Crippen molar-refractivity contribution in [1.29, 1.82) is 0 Å². The van der Waals surface area contributed by atoms with Crippen molar-refractivity contribution in [2.45, 2.75) is 4.90 Å². The van der Waals surface area contributed by atoms with E-state index in [1.165, 1.54) is 26.2 Å². The van der Waals surface area contributed by atoms with Crippen LogP contribution < -0.4 is 4.90 Å². The molecule has 8 heteroatoms. The smallest absolute Gasteiger partial charge is 0.253 e. The fourth-order valence-corrected chi connectivity index (χ4v) is 4.09. The minimum Gasteiger partial charge on any atom is -0.368 e. The highest BCUT2D eigenvalue weighted by Crippen LogP contribution is 2.21. The number of benzene rings is 2. The van der Waals surface area contributed by atoms with Gasteiger partial charge in [0, 0.05) is 56.5 Å². The summed E-state index contributed by atoms with van der Waals surface area (Å²) in [5.41, 5.74) is 1.54. The molecule has 3 rings (SSSR count). The third-order valence-electron chi connectivity index (χ3n) is 4.62. The molecule has 0 aliphatic carbocycles. The molecular formula is C19H22ClN3O3S. The second-order valence-electron chi connectivity index (χ2n) is 6.57. The Kier molecular flexibility index (Phi) is 5.74. The summed E-state index contributed by atoms with van der Waals surface area (Å²) in [6.07, 6.45) is 0.